The van der Waals surface area contributed by atoms with E-state index in [9.17, 15) is 0 Å². The Bertz CT molecular complexity index is 484. The molecule has 5 nitrogen and oxygen atoms in total. The van der Waals surface area contributed by atoms with Gasteiger partial charge in [-0.05, 0) is 37.4 Å². The van der Waals surface area contributed by atoms with Crippen LogP contribution in [-0.2, 0) is 20.9 Å². The molecule has 3 fully saturated rings. The molecule has 0 aromatic heterocycles. The highest BCUT2D eigenvalue weighted by Gasteiger charge is 2.35. The summed E-state index contributed by atoms with van der Waals surface area (Å²) < 4.78 is 11.3. The van der Waals surface area contributed by atoms with Crippen LogP contribution in [0.3, 0.4) is 0 Å². The lowest BCUT2D eigenvalue weighted by atomic mass is 9.86. The fourth-order valence-electron chi connectivity index (χ4n) is 3.17. The fourth-order valence-corrected chi connectivity index (χ4v) is 3.17. The van der Waals surface area contributed by atoms with E-state index in [0.717, 1.165) is 12.1 Å². The summed E-state index contributed by atoms with van der Waals surface area (Å²) >= 11 is 0. The second-order valence-corrected chi connectivity index (χ2v) is 5.99. The van der Waals surface area contributed by atoms with Crippen molar-refractivity contribution in [3.8, 4) is 0 Å². The van der Waals surface area contributed by atoms with Crippen LogP contribution >= 0.6 is 0 Å². The summed E-state index contributed by atoms with van der Waals surface area (Å²) in [6.45, 7) is 5.94. The van der Waals surface area contributed by atoms with Gasteiger partial charge in [-0.15, -0.1) is 0 Å². The molecule has 120 valence electrons. The minimum atomic E-state index is 0.135. The summed E-state index contributed by atoms with van der Waals surface area (Å²) in [6, 6.07) is 10.0. The summed E-state index contributed by atoms with van der Waals surface area (Å²) in [7, 11) is 0. The first-order valence-corrected chi connectivity index (χ1v) is 7.98. The van der Waals surface area contributed by atoms with E-state index in [0.29, 0.717) is 18.4 Å². The number of ether oxygens (including phenoxy) is 2. The van der Waals surface area contributed by atoms with Crippen molar-refractivity contribution >= 4 is 5.90 Å². The van der Waals surface area contributed by atoms with Gasteiger partial charge in [0.2, 0.25) is 12.7 Å². The molecule has 0 spiro atoms. The maximum Gasteiger partial charge on any atom is 0.222 e. The molecule has 4 rings (SSSR count). The number of rotatable bonds is 6. The van der Waals surface area contributed by atoms with E-state index in [-0.39, 0.29) is 12.9 Å². The third-order valence-electron chi connectivity index (χ3n) is 4.36. The average molecular weight is 304 g/mol. The maximum atomic E-state index is 5.92. The monoisotopic (exact) mass is 304 g/mol. The van der Waals surface area contributed by atoms with E-state index in [1.807, 2.05) is 37.3 Å². The molecule has 1 atom stereocenters. The summed E-state index contributed by atoms with van der Waals surface area (Å²) in [5.41, 5.74) is 1.12. The number of hydrogen-bond acceptors (Lipinski definition) is 5. The summed E-state index contributed by atoms with van der Waals surface area (Å²) in [4.78, 5) is 7.63. The third-order valence-corrected chi connectivity index (χ3v) is 4.36. The van der Waals surface area contributed by atoms with Gasteiger partial charge >= 0.3 is 0 Å². The lowest BCUT2D eigenvalue weighted by molar-refractivity contribution is -0.0665. The molecule has 3 heterocycles. The first-order valence-electron chi connectivity index (χ1n) is 7.98. The van der Waals surface area contributed by atoms with Crippen molar-refractivity contribution < 1.29 is 14.3 Å². The Kier molecular flexibility index (Phi) is 5.29. The van der Waals surface area contributed by atoms with Crippen LogP contribution < -0.4 is 0 Å². The highest BCUT2D eigenvalue weighted by molar-refractivity contribution is 5.72. The second-order valence-electron chi connectivity index (χ2n) is 5.99. The number of oxime groups is 1. The Morgan fingerprint density at radius 2 is 2.00 bits per heavy atom. The number of fused-ring (bicyclic) bond motifs is 3. The predicted molar refractivity (Wildman–Crippen MR) is 84.3 cm³/mol. The van der Waals surface area contributed by atoms with Gasteiger partial charge in [0.15, 0.2) is 0 Å². The quantitative estimate of drug-likeness (QED) is 0.266. The molecule has 1 aromatic rings. The minimum absolute atomic E-state index is 0.135. The van der Waals surface area contributed by atoms with Crippen molar-refractivity contribution in [1.82, 2.24) is 4.90 Å². The van der Waals surface area contributed by atoms with Crippen LogP contribution in [0.15, 0.2) is 35.5 Å². The van der Waals surface area contributed by atoms with Crippen molar-refractivity contribution in [2.45, 2.75) is 32.5 Å². The zero-order chi connectivity index (χ0) is 15.2. The topological polar surface area (TPSA) is 43.3 Å². The molecule has 2 bridgehead atoms. The van der Waals surface area contributed by atoms with E-state index in [2.05, 4.69) is 10.1 Å². The molecule has 0 aliphatic carbocycles. The first kappa shape index (κ1) is 15.3. The zero-order valence-corrected chi connectivity index (χ0v) is 13.1. The van der Waals surface area contributed by atoms with E-state index in [4.69, 9.17) is 14.3 Å². The molecule has 0 radical (unpaired) electrons. The maximum absolute atomic E-state index is 5.92. The van der Waals surface area contributed by atoms with Gasteiger partial charge in [0, 0.05) is 13.5 Å². The number of hydrogen-bond donors (Lipinski definition) is 0. The van der Waals surface area contributed by atoms with Crippen molar-refractivity contribution in [1.29, 1.82) is 0 Å². The molecule has 3 saturated heterocycles. The molecule has 1 unspecified atom stereocenters. The predicted octanol–water partition coefficient (Wildman–Crippen LogP) is 2.62. The standard InChI is InChI=1S/C17H24N2O3/c1-14(22-17-11-19-9-7-16(17)8-10-19)18-21-13-20-12-15-5-3-2-4-6-15/h2-6,16-17H,7-13H2,1H3/b18-14+. The van der Waals surface area contributed by atoms with Gasteiger partial charge in [0.25, 0.3) is 0 Å². The Labute approximate surface area is 131 Å². The number of piperidine rings is 3. The van der Waals surface area contributed by atoms with Gasteiger partial charge in [0.05, 0.1) is 6.61 Å². The lowest BCUT2D eigenvalue weighted by Gasteiger charge is -2.44. The van der Waals surface area contributed by atoms with Gasteiger partial charge in [-0.2, -0.15) is 0 Å². The van der Waals surface area contributed by atoms with Crippen LogP contribution in [0.2, 0.25) is 0 Å². The van der Waals surface area contributed by atoms with Crippen LogP contribution in [0, 0.1) is 5.92 Å². The molecular formula is C17H24N2O3. The highest BCUT2D eigenvalue weighted by atomic mass is 16.7. The van der Waals surface area contributed by atoms with E-state index in [1.165, 1.54) is 25.9 Å². The Hall–Kier alpha value is -1.59. The lowest BCUT2D eigenvalue weighted by Crippen LogP contribution is -2.51. The molecule has 5 heteroatoms. The summed E-state index contributed by atoms with van der Waals surface area (Å²) in [5.74, 6) is 1.26. The molecular weight excluding hydrogens is 280 g/mol. The molecule has 22 heavy (non-hydrogen) atoms. The van der Waals surface area contributed by atoms with Crippen molar-refractivity contribution in [2.24, 2.45) is 11.1 Å². The van der Waals surface area contributed by atoms with Gasteiger partial charge in [-0.25, -0.2) is 0 Å². The highest BCUT2D eigenvalue weighted by Crippen LogP contribution is 2.29. The van der Waals surface area contributed by atoms with Crippen LogP contribution in [0.4, 0.5) is 0 Å². The third kappa shape index (κ3) is 4.21. The van der Waals surface area contributed by atoms with Gasteiger partial charge in [-0.1, -0.05) is 35.5 Å². The van der Waals surface area contributed by atoms with E-state index < -0.39 is 0 Å². The Balaban J connectivity index is 1.34. The minimum Gasteiger partial charge on any atom is -0.474 e. The van der Waals surface area contributed by atoms with Crippen molar-refractivity contribution in [2.75, 3.05) is 26.4 Å². The molecule has 3 aliphatic rings. The molecule has 1 aromatic carbocycles. The van der Waals surface area contributed by atoms with Crippen molar-refractivity contribution in [3.05, 3.63) is 35.9 Å². The number of benzene rings is 1. The van der Waals surface area contributed by atoms with Crippen LogP contribution in [0.5, 0.6) is 0 Å². The Morgan fingerprint density at radius 3 is 2.68 bits per heavy atom. The van der Waals surface area contributed by atoms with Gasteiger partial charge in [0.1, 0.15) is 6.10 Å². The normalized spacial score (nSPS) is 27.7. The van der Waals surface area contributed by atoms with E-state index in [1.54, 1.807) is 0 Å². The molecule has 0 saturated carbocycles. The zero-order valence-electron chi connectivity index (χ0n) is 13.1. The average Bonchev–Trinajstić information content (AvgIpc) is 2.56. The van der Waals surface area contributed by atoms with Crippen LogP contribution in [-0.4, -0.2) is 43.3 Å². The fraction of sp³-hybridized carbons (Fsp3) is 0.588. The summed E-state index contributed by atoms with van der Waals surface area (Å²) in [6.07, 6.45) is 2.73. The molecule has 3 aliphatic heterocycles. The first-order chi connectivity index (χ1) is 10.8. The van der Waals surface area contributed by atoms with Crippen LogP contribution in [0.25, 0.3) is 0 Å². The van der Waals surface area contributed by atoms with Crippen molar-refractivity contribution in [3.63, 3.8) is 0 Å². The van der Waals surface area contributed by atoms with Gasteiger partial charge in [-0.3, -0.25) is 4.90 Å². The second kappa shape index (κ2) is 7.61. The van der Waals surface area contributed by atoms with Gasteiger partial charge < -0.3 is 14.3 Å². The van der Waals surface area contributed by atoms with Crippen LogP contribution in [0.1, 0.15) is 25.3 Å². The smallest absolute Gasteiger partial charge is 0.222 e. The molecule has 0 amide bonds. The van der Waals surface area contributed by atoms with E-state index >= 15 is 0 Å². The molecule has 0 N–H and O–H groups in total. The largest absolute Gasteiger partial charge is 0.474 e. The summed E-state index contributed by atoms with van der Waals surface area (Å²) in [5, 5.41) is 3.98. The SMILES string of the molecule is C/C(=N\OCOCc1ccccc1)OC1CN2CCC1CC2. The number of nitrogens with zero attached hydrogens (tertiary/aromatic N) is 2. The Morgan fingerprint density at radius 1 is 1.23 bits per heavy atom.